The van der Waals surface area contributed by atoms with Crippen LogP contribution in [0.3, 0.4) is 0 Å². The van der Waals surface area contributed by atoms with Gasteiger partial charge >= 0.3 is 0 Å². The second kappa shape index (κ2) is 7.31. The Kier molecular flexibility index (Phi) is 5.43. The average Bonchev–Trinajstić information content (AvgIpc) is 2.85. The first kappa shape index (κ1) is 14.1. The number of hydrogen-bond donors (Lipinski definition) is 1. The van der Waals surface area contributed by atoms with Crippen LogP contribution in [-0.2, 0) is 0 Å². The molecule has 0 radical (unpaired) electrons. The van der Waals surface area contributed by atoms with Crippen molar-refractivity contribution in [1.29, 1.82) is 0 Å². The Morgan fingerprint density at radius 1 is 1.05 bits per heavy atom. The van der Waals surface area contributed by atoms with Crippen molar-refractivity contribution < 1.29 is 9.32 Å². The van der Waals surface area contributed by atoms with Crippen LogP contribution in [0.1, 0.15) is 86.4 Å². The van der Waals surface area contributed by atoms with Gasteiger partial charge in [-0.2, -0.15) is 0 Å². The Morgan fingerprint density at radius 3 is 2.05 bits per heavy atom. The van der Waals surface area contributed by atoms with Crippen LogP contribution in [0.2, 0.25) is 0 Å². The summed E-state index contributed by atoms with van der Waals surface area (Å²) in [6.07, 6.45) is 12.8. The Hall–Kier alpha value is -1.32. The fourth-order valence-corrected chi connectivity index (χ4v) is 2.88. The average molecular weight is 264 g/mol. The van der Waals surface area contributed by atoms with Crippen molar-refractivity contribution in [3.63, 3.8) is 0 Å². The Labute approximate surface area is 114 Å². The topological polar surface area (TPSA) is 69.1 Å². The number of aromatic nitrogens is 1. The molecule has 4 heteroatoms. The van der Waals surface area contributed by atoms with E-state index >= 15 is 0 Å². The zero-order valence-electron chi connectivity index (χ0n) is 11.6. The van der Waals surface area contributed by atoms with Gasteiger partial charge in [-0.25, -0.2) is 0 Å². The van der Waals surface area contributed by atoms with Crippen molar-refractivity contribution in [2.75, 3.05) is 0 Å². The van der Waals surface area contributed by atoms with Crippen molar-refractivity contribution in [2.24, 2.45) is 5.73 Å². The van der Waals surface area contributed by atoms with Gasteiger partial charge in [0.05, 0.1) is 5.69 Å². The lowest BCUT2D eigenvalue weighted by atomic mass is 9.92. The minimum atomic E-state index is -0.532. The van der Waals surface area contributed by atoms with Gasteiger partial charge in [-0.15, -0.1) is 0 Å². The van der Waals surface area contributed by atoms with Crippen LogP contribution in [0.4, 0.5) is 0 Å². The molecule has 2 N–H and O–H groups in total. The number of carbonyl (C=O) groups is 1. The van der Waals surface area contributed by atoms with E-state index in [9.17, 15) is 4.79 Å². The van der Waals surface area contributed by atoms with Gasteiger partial charge in [0, 0.05) is 12.0 Å². The molecule has 1 saturated carbocycles. The molecule has 0 aromatic carbocycles. The zero-order chi connectivity index (χ0) is 13.5. The molecule has 0 atom stereocenters. The predicted molar refractivity (Wildman–Crippen MR) is 73.9 cm³/mol. The molecular weight excluding hydrogens is 240 g/mol. The summed E-state index contributed by atoms with van der Waals surface area (Å²) in [6.45, 7) is 0. The number of nitrogens with two attached hydrogens (primary N) is 1. The molecule has 1 heterocycles. The quantitative estimate of drug-likeness (QED) is 0.883. The summed E-state index contributed by atoms with van der Waals surface area (Å²) in [6, 6.07) is 1.73. The van der Waals surface area contributed by atoms with Gasteiger partial charge in [0.15, 0.2) is 0 Å². The maximum atomic E-state index is 11.1. The summed E-state index contributed by atoms with van der Waals surface area (Å²) in [4.78, 5) is 11.1. The van der Waals surface area contributed by atoms with E-state index in [1.165, 1.54) is 51.4 Å². The molecule has 1 fully saturated rings. The number of amides is 1. The number of rotatable bonds is 2. The minimum Gasteiger partial charge on any atom is -0.363 e. The van der Waals surface area contributed by atoms with Crippen LogP contribution in [0, 0.1) is 0 Å². The predicted octanol–water partition coefficient (Wildman–Crippen LogP) is 3.77. The van der Waals surface area contributed by atoms with E-state index in [0.29, 0.717) is 5.92 Å². The first-order valence-corrected chi connectivity index (χ1v) is 7.54. The lowest BCUT2D eigenvalue weighted by Crippen LogP contribution is -2.09. The smallest absolute Gasteiger partial charge is 0.287 e. The fourth-order valence-electron chi connectivity index (χ4n) is 2.88. The second-order valence-corrected chi connectivity index (χ2v) is 5.58. The molecule has 1 aliphatic carbocycles. The molecule has 2 rings (SSSR count). The third kappa shape index (κ3) is 4.37. The number of hydrogen-bond acceptors (Lipinski definition) is 3. The molecule has 1 aliphatic rings. The molecule has 0 spiro atoms. The van der Waals surface area contributed by atoms with Crippen LogP contribution in [0.25, 0.3) is 0 Å². The molecular formula is C15H24N2O2. The molecule has 1 aromatic rings. The third-order valence-electron chi connectivity index (χ3n) is 4.04. The standard InChI is InChI=1S/C15H24N2O2/c16-15(18)14-11-13(17-19-14)12-9-7-5-3-1-2-4-6-8-10-12/h11-12H,1-10H2,(H2,16,18). The maximum absolute atomic E-state index is 11.1. The monoisotopic (exact) mass is 264 g/mol. The van der Waals surface area contributed by atoms with Crippen LogP contribution < -0.4 is 5.73 Å². The van der Waals surface area contributed by atoms with Crippen LogP contribution in [0.15, 0.2) is 10.6 Å². The second-order valence-electron chi connectivity index (χ2n) is 5.58. The van der Waals surface area contributed by atoms with Crippen molar-refractivity contribution in [1.82, 2.24) is 5.16 Å². The molecule has 0 bridgehead atoms. The summed E-state index contributed by atoms with van der Waals surface area (Å²) in [5.41, 5.74) is 6.12. The van der Waals surface area contributed by atoms with E-state index in [-0.39, 0.29) is 5.76 Å². The number of carbonyl (C=O) groups excluding carboxylic acids is 1. The van der Waals surface area contributed by atoms with E-state index in [1.807, 2.05) is 0 Å². The number of primary amides is 1. The zero-order valence-corrected chi connectivity index (χ0v) is 11.6. The summed E-state index contributed by atoms with van der Waals surface area (Å²) in [7, 11) is 0. The normalized spacial score (nSPS) is 19.8. The summed E-state index contributed by atoms with van der Waals surface area (Å²) in [5.74, 6) is 0.0784. The van der Waals surface area contributed by atoms with Crippen molar-refractivity contribution >= 4 is 5.91 Å². The van der Waals surface area contributed by atoms with E-state index < -0.39 is 5.91 Å². The minimum absolute atomic E-state index is 0.185. The molecule has 0 unspecified atom stereocenters. The first-order chi connectivity index (χ1) is 9.27. The van der Waals surface area contributed by atoms with Crippen LogP contribution >= 0.6 is 0 Å². The molecule has 1 amide bonds. The number of nitrogens with zero attached hydrogens (tertiary/aromatic N) is 1. The molecule has 0 aliphatic heterocycles. The molecule has 19 heavy (non-hydrogen) atoms. The third-order valence-corrected chi connectivity index (χ3v) is 4.04. The molecule has 0 saturated heterocycles. The molecule has 1 aromatic heterocycles. The van der Waals surface area contributed by atoms with Crippen LogP contribution in [-0.4, -0.2) is 11.1 Å². The molecule has 4 nitrogen and oxygen atoms in total. The van der Waals surface area contributed by atoms with Gasteiger partial charge in [-0.1, -0.05) is 56.5 Å². The van der Waals surface area contributed by atoms with Gasteiger partial charge in [-0.3, -0.25) is 4.79 Å². The highest BCUT2D eigenvalue weighted by atomic mass is 16.5. The Balaban J connectivity index is 1.98. The lowest BCUT2D eigenvalue weighted by Gasteiger charge is -2.13. The van der Waals surface area contributed by atoms with Crippen molar-refractivity contribution in [3.8, 4) is 0 Å². The van der Waals surface area contributed by atoms with Gasteiger partial charge in [0.1, 0.15) is 0 Å². The van der Waals surface area contributed by atoms with Gasteiger partial charge in [-0.05, 0) is 12.8 Å². The van der Waals surface area contributed by atoms with Gasteiger partial charge in [0.2, 0.25) is 5.76 Å². The summed E-state index contributed by atoms with van der Waals surface area (Å²) < 4.78 is 5.01. The van der Waals surface area contributed by atoms with Crippen LogP contribution in [0.5, 0.6) is 0 Å². The summed E-state index contributed by atoms with van der Waals surface area (Å²) >= 11 is 0. The van der Waals surface area contributed by atoms with E-state index in [1.54, 1.807) is 6.07 Å². The van der Waals surface area contributed by atoms with Gasteiger partial charge in [0.25, 0.3) is 5.91 Å². The Morgan fingerprint density at radius 2 is 1.58 bits per heavy atom. The highest BCUT2D eigenvalue weighted by Crippen LogP contribution is 2.29. The summed E-state index contributed by atoms with van der Waals surface area (Å²) in [5, 5.41) is 4.04. The van der Waals surface area contributed by atoms with E-state index in [2.05, 4.69) is 5.16 Å². The largest absolute Gasteiger partial charge is 0.363 e. The fraction of sp³-hybridized carbons (Fsp3) is 0.733. The van der Waals surface area contributed by atoms with Crippen molar-refractivity contribution in [3.05, 3.63) is 17.5 Å². The van der Waals surface area contributed by atoms with Crippen molar-refractivity contribution in [2.45, 2.75) is 70.1 Å². The van der Waals surface area contributed by atoms with Gasteiger partial charge < -0.3 is 10.3 Å². The maximum Gasteiger partial charge on any atom is 0.287 e. The van der Waals surface area contributed by atoms with E-state index in [0.717, 1.165) is 18.5 Å². The highest BCUT2D eigenvalue weighted by Gasteiger charge is 2.18. The highest BCUT2D eigenvalue weighted by molar-refractivity contribution is 5.89. The van der Waals surface area contributed by atoms with E-state index in [4.69, 9.17) is 10.3 Å². The SMILES string of the molecule is NC(=O)c1cc(C2CCCCCCCCCC2)no1. The lowest BCUT2D eigenvalue weighted by molar-refractivity contribution is 0.0965. The Bertz CT molecular complexity index is 389. The molecule has 106 valence electrons. The first-order valence-electron chi connectivity index (χ1n) is 7.54.